The van der Waals surface area contributed by atoms with Crippen LogP contribution in [0.3, 0.4) is 0 Å². The number of hydrogen-bond donors (Lipinski definition) is 3. The van der Waals surface area contributed by atoms with Crippen molar-refractivity contribution in [1.82, 2.24) is 20.6 Å². The molecule has 27 heavy (non-hydrogen) atoms. The second-order valence-electron chi connectivity index (χ2n) is 6.92. The van der Waals surface area contributed by atoms with Crippen molar-refractivity contribution in [3.8, 4) is 0 Å². The molecule has 138 valence electrons. The summed E-state index contributed by atoms with van der Waals surface area (Å²) >= 11 is 0. The van der Waals surface area contributed by atoms with Crippen LogP contribution in [0, 0.1) is 0 Å². The first kappa shape index (κ1) is 17.5. The number of aromatic nitrogens is 2. The second-order valence-corrected chi connectivity index (χ2v) is 6.92. The first-order chi connectivity index (χ1) is 13.2. The van der Waals surface area contributed by atoms with Crippen LogP contribution in [0.2, 0.25) is 0 Å². The number of carbonyl (C=O) groups is 1. The summed E-state index contributed by atoms with van der Waals surface area (Å²) in [5.41, 5.74) is 5.66. The van der Waals surface area contributed by atoms with E-state index in [1.807, 2.05) is 29.2 Å². The number of hydroxylamine groups is 1. The Labute approximate surface area is 157 Å². The number of amides is 1. The lowest BCUT2D eigenvalue weighted by Crippen LogP contribution is -2.18. The molecule has 0 bridgehead atoms. The molecule has 1 saturated carbocycles. The maximum absolute atomic E-state index is 11.3. The highest BCUT2D eigenvalue weighted by Crippen LogP contribution is 2.40. The van der Waals surface area contributed by atoms with Gasteiger partial charge in [0.2, 0.25) is 0 Å². The van der Waals surface area contributed by atoms with E-state index in [1.165, 1.54) is 12.0 Å². The predicted molar refractivity (Wildman–Crippen MR) is 101 cm³/mol. The fourth-order valence-corrected chi connectivity index (χ4v) is 3.34. The molecule has 0 spiro atoms. The summed E-state index contributed by atoms with van der Waals surface area (Å²) in [6.45, 7) is 1.45. The summed E-state index contributed by atoms with van der Waals surface area (Å²) in [7, 11) is 0. The van der Waals surface area contributed by atoms with Crippen molar-refractivity contribution >= 4 is 5.91 Å². The van der Waals surface area contributed by atoms with Gasteiger partial charge in [-0.2, -0.15) is 5.10 Å². The number of nitrogens with zero attached hydrogens (tertiary/aromatic N) is 2. The van der Waals surface area contributed by atoms with Gasteiger partial charge < -0.3 is 5.32 Å². The minimum atomic E-state index is -0.511. The molecule has 0 saturated heterocycles. The summed E-state index contributed by atoms with van der Waals surface area (Å²) in [5, 5.41) is 16.7. The highest BCUT2D eigenvalue weighted by Gasteiger charge is 2.37. The molecule has 6 nitrogen and oxygen atoms in total. The second kappa shape index (κ2) is 7.73. The van der Waals surface area contributed by atoms with Crippen molar-refractivity contribution in [3.63, 3.8) is 0 Å². The van der Waals surface area contributed by atoms with Crippen LogP contribution in [-0.4, -0.2) is 26.9 Å². The Morgan fingerprint density at radius 2 is 1.89 bits per heavy atom. The van der Waals surface area contributed by atoms with Gasteiger partial charge in [0.1, 0.15) is 0 Å². The van der Waals surface area contributed by atoms with E-state index < -0.39 is 5.91 Å². The highest BCUT2D eigenvalue weighted by atomic mass is 16.5. The van der Waals surface area contributed by atoms with Gasteiger partial charge in [0.05, 0.1) is 12.7 Å². The number of carbonyl (C=O) groups excluding carboxylic acids is 1. The van der Waals surface area contributed by atoms with Gasteiger partial charge in [0, 0.05) is 35.8 Å². The van der Waals surface area contributed by atoms with Gasteiger partial charge >= 0.3 is 0 Å². The van der Waals surface area contributed by atoms with Crippen LogP contribution in [0.15, 0.2) is 67.0 Å². The Balaban J connectivity index is 1.28. The van der Waals surface area contributed by atoms with Gasteiger partial charge in [0.25, 0.3) is 5.91 Å². The Kier molecular flexibility index (Phi) is 5.00. The Hall–Kier alpha value is -2.96. The smallest absolute Gasteiger partial charge is 0.274 e. The Morgan fingerprint density at radius 1 is 1.11 bits per heavy atom. The van der Waals surface area contributed by atoms with Crippen LogP contribution in [0.5, 0.6) is 0 Å². The zero-order valence-electron chi connectivity index (χ0n) is 14.9. The minimum absolute atomic E-state index is 0.420. The molecule has 1 aliphatic carbocycles. The average Bonchev–Trinajstić information content (AvgIpc) is 3.37. The quantitative estimate of drug-likeness (QED) is 0.446. The molecular formula is C21H22N4O2. The first-order valence-corrected chi connectivity index (χ1v) is 9.06. The third-order valence-corrected chi connectivity index (χ3v) is 4.94. The van der Waals surface area contributed by atoms with Crippen molar-refractivity contribution < 1.29 is 10.0 Å². The Bertz CT molecular complexity index is 905. The summed E-state index contributed by atoms with van der Waals surface area (Å²) in [6.07, 6.45) is 5.12. The molecule has 6 heteroatoms. The molecular weight excluding hydrogens is 340 g/mol. The van der Waals surface area contributed by atoms with Crippen LogP contribution in [0.25, 0.3) is 0 Å². The molecule has 4 rings (SSSR count). The van der Waals surface area contributed by atoms with E-state index in [0.29, 0.717) is 24.1 Å². The fourth-order valence-electron chi connectivity index (χ4n) is 3.34. The molecule has 1 amide bonds. The zero-order valence-corrected chi connectivity index (χ0v) is 14.9. The number of hydrogen-bond acceptors (Lipinski definition) is 4. The fraction of sp³-hybridized carbons (Fsp3) is 0.238. The molecule has 3 N–H and O–H groups in total. The van der Waals surface area contributed by atoms with Gasteiger partial charge in [-0.1, -0.05) is 42.5 Å². The van der Waals surface area contributed by atoms with Crippen molar-refractivity contribution in [2.45, 2.75) is 31.5 Å². The van der Waals surface area contributed by atoms with Gasteiger partial charge in [0.15, 0.2) is 0 Å². The number of benzene rings is 2. The van der Waals surface area contributed by atoms with E-state index >= 15 is 0 Å². The SMILES string of the molecule is O=C(NO)c1ccc(Cn2cc(CN[C@@H]3C[C@H]3c3ccccc3)cn2)cc1. The summed E-state index contributed by atoms with van der Waals surface area (Å²) < 4.78 is 1.89. The highest BCUT2D eigenvalue weighted by molar-refractivity contribution is 5.93. The normalized spacial score (nSPS) is 18.3. The summed E-state index contributed by atoms with van der Waals surface area (Å²) in [4.78, 5) is 11.3. The van der Waals surface area contributed by atoms with E-state index in [4.69, 9.17) is 5.21 Å². The molecule has 0 unspecified atom stereocenters. The first-order valence-electron chi connectivity index (χ1n) is 9.06. The number of nitrogens with one attached hydrogen (secondary N) is 2. The minimum Gasteiger partial charge on any atom is -0.309 e. The van der Waals surface area contributed by atoms with Crippen LogP contribution < -0.4 is 10.8 Å². The van der Waals surface area contributed by atoms with Gasteiger partial charge in [-0.3, -0.25) is 14.7 Å². The van der Waals surface area contributed by atoms with E-state index in [1.54, 1.807) is 17.6 Å². The number of rotatable bonds is 7. The monoisotopic (exact) mass is 362 g/mol. The van der Waals surface area contributed by atoms with Gasteiger partial charge in [-0.25, -0.2) is 5.48 Å². The van der Waals surface area contributed by atoms with Crippen LogP contribution >= 0.6 is 0 Å². The van der Waals surface area contributed by atoms with Crippen LogP contribution in [0.1, 0.15) is 39.4 Å². The molecule has 0 aliphatic heterocycles. The van der Waals surface area contributed by atoms with E-state index in [0.717, 1.165) is 17.7 Å². The van der Waals surface area contributed by atoms with Crippen molar-refractivity contribution in [2.24, 2.45) is 0 Å². The molecule has 2 aromatic carbocycles. The maximum Gasteiger partial charge on any atom is 0.274 e. The molecule has 0 radical (unpaired) electrons. The molecule has 1 heterocycles. The van der Waals surface area contributed by atoms with E-state index in [9.17, 15) is 4.79 Å². The standard InChI is InChI=1S/C21H22N4O2/c26-21(24-27)18-8-6-15(7-9-18)13-25-14-16(12-23-25)11-22-20-10-19(20)17-4-2-1-3-5-17/h1-9,12,14,19-20,22,27H,10-11,13H2,(H,24,26)/t19-,20+/m0/s1. The van der Waals surface area contributed by atoms with Crippen molar-refractivity contribution in [3.05, 3.63) is 89.2 Å². The lowest BCUT2D eigenvalue weighted by Gasteiger charge is -2.04. The summed E-state index contributed by atoms with van der Waals surface area (Å²) in [5.74, 6) is 0.110. The van der Waals surface area contributed by atoms with E-state index in [2.05, 4.69) is 40.7 Å². The third kappa shape index (κ3) is 4.24. The lowest BCUT2D eigenvalue weighted by molar-refractivity contribution is 0.0706. The molecule has 1 aliphatic rings. The van der Waals surface area contributed by atoms with E-state index in [-0.39, 0.29) is 0 Å². The molecule has 2 atom stereocenters. The lowest BCUT2D eigenvalue weighted by atomic mass is 10.1. The average molecular weight is 362 g/mol. The van der Waals surface area contributed by atoms with Crippen LogP contribution in [0.4, 0.5) is 0 Å². The largest absolute Gasteiger partial charge is 0.309 e. The molecule has 3 aromatic rings. The zero-order chi connectivity index (χ0) is 18.6. The molecule has 1 fully saturated rings. The maximum atomic E-state index is 11.3. The summed E-state index contributed by atoms with van der Waals surface area (Å²) in [6, 6.07) is 18.3. The van der Waals surface area contributed by atoms with Gasteiger partial charge in [-0.15, -0.1) is 0 Å². The van der Waals surface area contributed by atoms with Gasteiger partial charge in [-0.05, 0) is 29.7 Å². The Morgan fingerprint density at radius 3 is 2.63 bits per heavy atom. The third-order valence-electron chi connectivity index (χ3n) is 4.94. The predicted octanol–water partition coefficient (Wildman–Crippen LogP) is 2.70. The van der Waals surface area contributed by atoms with Crippen LogP contribution in [-0.2, 0) is 13.1 Å². The topological polar surface area (TPSA) is 79.2 Å². The van der Waals surface area contributed by atoms with Crippen molar-refractivity contribution in [2.75, 3.05) is 0 Å². The van der Waals surface area contributed by atoms with Crippen molar-refractivity contribution in [1.29, 1.82) is 0 Å². The molecule has 1 aromatic heterocycles.